The van der Waals surface area contributed by atoms with Crippen molar-refractivity contribution < 1.29 is 19.1 Å². The summed E-state index contributed by atoms with van der Waals surface area (Å²) in [5, 5.41) is 0.0992. The SMILES string of the molecule is CCCCCCCCCCCCOC(=O)/C=C/C(=O)Oc1c(Cl)cc(Cl)c(Cl)c1Cl. The van der Waals surface area contributed by atoms with Crippen LogP contribution in [0.3, 0.4) is 0 Å². The van der Waals surface area contributed by atoms with Gasteiger partial charge in [0.1, 0.15) is 5.02 Å². The van der Waals surface area contributed by atoms with E-state index in [0.717, 1.165) is 31.4 Å². The Labute approximate surface area is 198 Å². The molecule has 0 amide bonds. The Balaban J connectivity index is 2.20. The second-order valence-electron chi connectivity index (χ2n) is 6.90. The lowest BCUT2D eigenvalue weighted by Crippen LogP contribution is -2.08. The largest absolute Gasteiger partial charge is 0.463 e. The van der Waals surface area contributed by atoms with Crippen molar-refractivity contribution in [2.24, 2.45) is 0 Å². The first-order chi connectivity index (χ1) is 14.4. The van der Waals surface area contributed by atoms with E-state index in [-0.39, 0.29) is 25.8 Å². The van der Waals surface area contributed by atoms with Gasteiger partial charge in [0.15, 0.2) is 5.75 Å². The predicted molar refractivity (Wildman–Crippen MR) is 124 cm³/mol. The van der Waals surface area contributed by atoms with Crippen LogP contribution in [0.15, 0.2) is 18.2 Å². The highest BCUT2D eigenvalue weighted by atomic mass is 35.5. The van der Waals surface area contributed by atoms with Crippen molar-refractivity contribution in [1.29, 1.82) is 0 Å². The summed E-state index contributed by atoms with van der Waals surface area (Å²) in [4.78, 5) is 23.6. The average molecular weight is 498 g/mol. The molecule has 4 nitrogen and oxygen atoms in total. The second-order valence-corrected chi connectivity index (χ2v) is 8.47. The Kier molecular flexibility index (Phi) is 14.3. The van der Waals surface area contributed by atoms with Crippen molar-refractivity contribution in [2.45, 2.75) is 71.1 Å². The number of hydrogen-bond acceptors (Lipinski definition) is 4. The number of esters is 2. The topological polar surface area (TPSA) is 52.6 Å². The van der Waals surface area contributed by atoms with Gasteiger partial charge in [0.25, 0.3) is 0 Å². The van der Waals surface area contributed by atoms with Gasteiger partial charge in [0, 0.05) is 12.2 Å². The quantitative estimate of drug-likeness (QED) is 0.0648. The Morgan fingerprint density at radius 1 is 0.767 bits per heavy atom. The van der Waals surface area contributed by atoms with E-state index >= 15 is 0 Å². The molecule has 0 unspecified atom stereocenters. The molecule has 0 spiro atoms. The lowest BCUT2D eigenvalue weighted by atomic mass is 10.1. The van der Waals surface area contributed by atoms with Crippen LogP contribution in [-0.2, 0) is 14.3 Å². The van der Waals surface area contributed by atoms with Crippen LogP contribution < -0.4 is 4.74 Å². The normalized spacial score (nSPS) is 11.1. The summed E-state index contributed by atoms with van der Waals surface area (Å²) in [5.41, 5.74) is 0. The summed E-state index contributed by atoms with van der Waals surface area (Å²) in [6.07, 6.45) is 13.9. The number of halogens is 4. The molecule has 8 heteroatoms. The van der Waals surface area contributed by atoms with Crippen LogP contribution in [0.5, 0.6) is 5.75 Å². The van der Waals surface area contributed by atoms with Gasteiger partial charge in [-0.25, -0.2) is 9.59 Å². The molecule has 30 heavy (non-hydrogen) atoms. The first kappa shape index (κ1) is 27.1. The first-order valence-corrected chi connectivity index (χ1v) is 11.8. The molecule has 0 atom stereocenters. The van der Waals surface area contributed by atoms with Gasteiger partial charge in [-0.3, -0.25) is 0 Å². The summed E-state index contributed by atoms with van der Waals surface area (Å²) < 4.78 is 10.1. The Morgan fingerprint density at radius 2 is 1.30 bits per heavy atom. The number of hydrogen-bond donors (Lipinski definition) is 0. The van der Waals surface area contributed by atoms with Crippen LogP contribution in [0.4, 0.5) is 0 Å². The molecule has 1 aromatic carbocycles. The first-order valence-electron chi connectivity index (χ1n) is 10.3. The molecule has 0 radical (unpaired) electrons. The molecular formula is C22H28Cl4O4. The number of carbonyl (C=O) groups is 2. The van der Waals surface area contributed by atoms with Gasteiger partial charge in [-0.2, -0.15) is 0 Å². The Hall–Kier alpha value is -0.940. The predicted octanol–water partition coefficient (Wildman–Crippen LogP) is 8.23. The van der Waals surface area contributed by atoms with Gasteiger partial charge in [0.2, 0.25) is 0 Å². The number of rotatable bonds is 14. The number of carbonyl (C=O) groups excluding carboxylic acids is 2. The molecule has 0 heterocycles. The van der Waals surface area contributed by atoms with E-state index in [9.17, 15) is 9.59 Å². The third-order valence-corrected chi connectivity index (χ3v) is 5.90. The van der Waals surface area contributed by atoms with Gasteiger partial charge in [-0.05, 0) is 12.5 Å². The zero-order valence-corrected chi connectivity index (χ0v) is 20.2. The van der Waals surface area contributed by atoms with Crippen molar-refractivity contribution in [1.82, 2.24) is 0 Å². The highest BCUT2D eigenvalue weighted by molar-refractivity contribution is 6.50. The average Bonchev–Trinajstić information content (AvgIpc) is 2.72. The Bertz CT molecular complexity index is 720. The molecule has 0 aliphatic heterocycles. The van der Waals surface area contributed by atoms with Gasteiger partial charge in [-0.15, -0.1) is 0 Å². The third-order valence-electron chi connectivity index (χ3n) is 4.37. The number of unbranched alkanes of at least 4 members (excludes halogenated alkanes) is 9. The lowest BCUT2D eigenvalue weighted by molar-refractivity contribution is -0.138. The van der Waals surface area contributed by atoms with E-state index in [0.29, 0.717) is 6.61 Å². The van der Waals surface area contributed by atoms with Crippen molar-refractivity contribution >= 4 is 58.3 Å². The summed E-state index contributed by atoms with van der Waals surface area (Å²) in [7, 11) is 0. The number of benzene rings is 1. The lowest BCUT2D eigenvalue weighted by Gasteiger charge is -2.09. The minimum atomic E-state index is -0.840. The minimum Gasteiger partial charge on any atom is -0.463 e. The van der Waals surface area contributed by atoms with Crippen LogP contribution >= 0.6 is 46.4 Å². The smallest absolute Gasteiger partial charge is 0.336 e. The van der Waals surface area contributed by atoms with E-state index in [1.54, 1.807) is 0 Å². The van der Waals surface area contributed by atoms with Crippen LogP contribution in [0.25, 0.3) is 0 Å². The number of ether oxygens (including phenoxy) is 2. The molecule has 168 valence electrons. The second kappa shape index (κ2) is 15.8. The maximum atomic E-state index is 11.9. The van der Waals surface area contributed by atoms with E-state index in [1.807, 2.05) is 0 Å². The third kappa shape index (κ3) is 10.9. The maximum absolute atomic E-state index is 11.9. The van der Waals surface area contributed by atoms with Crippen molar-refractivity contribution in [3.05, 3.63) is 38.3 Å². The molecule has 1 rings (SSSR count). The van der Waals surface area contributed by atoms with Crippen LogP contribution in [-0.4, -0.2) is 18.5 Å². The van der Waals surface area contributed by atoms with Crippen LogP contribution in [0.2, 0.25) is 20.1 Å². The standard InChI is InChI=1S/C22H28Cl4O4/c1-2-3-4-5-6-7-8-9-10-11-14-29-18(27)12-13-19(28)30-22-17(24)15-16(23)20(25)21(22)26/h12-13,15H,2-11,14H2,1H3/b13-12+. The minimum absolute atomic E-state index is 0.0189. The molecule has 1 aromatic rings. The molecular weight excluding hydrogens is 470 g/mol. The van der Waals surface area contributed by atoms with Crippen LogP contribution in [0.1, 0.15) is 71.1 Å². The molecule has 0 N–H and O–H groups in total. The monoisotopic (exact) mass is 496 g/mol. The molecule has 0 aliphatic carbocycles. The maximum Gasteiger partial charge on any atom is 0.336 e. The van der Waals surface area contributed by atoms with Gasteiger partial charge in [-0.1, -0.05) is 111 Å². The zero-order valence-electron chi connectivity index (χ0n) is 17.2. The van der Waals surface area contributed by atoms with Crippen LogP contribution in [0, 0.1) is 0 Å². The van der Waals surface area contributed by atoms with E-state index in [2.05, 4.69) is 6.92 Å². The molecule has 0 bridgehead atoms. The highest BCUT2D eigenvalue weighted by Gasteiger charge is 2.17. The van der Waals surface area contributed by atoms with E-state index in [1.165, 1.54) is 51.0 Å². The van der Waals surface area contributed by atoms with Crippen molar-refractivity contribution in [3.63, 3.8) is 0 Å². The van der Waals surface area contributed by atoms with E-state index < -0.39 is 11.9 Å². The summed E-state index contributed by atoms with van der Waals surface area (Å²) in [6, 6.07) is 1.31. The molecule has 0 fully saturated rings. The molecule has 0 saturated carbocycles. The van der Waals surface area contributed by atoms with Gasteiger partial charge >= 0.3 is 11.9 Å². The van der Waals surface area contributed by atoms with E-state index in [4.69, 9.17) is 55.9 Å². The van der Waals surface area contributed by atoms with Gasteiger partial charge in [0.05, 0.1) is 21.7 Å². The summed E-state index contributed by atoms with van der Waals surface area (Å²) in [5.74, 6) is -1.58. The molecule has 0 saturated heterocycles. The van der Waals surface area contributed by atoms with Gasteiger partial charge < -0.3 is 9.47 Å². The highest BCUT2D eigenvalue weighted by Crippen LogP contribution is 2.42. The fourth-order valence-corrected chi connectivity index (χ4v) is 3.71. The van der Waals surface area contributed by atoms with Crippen molar-refractivity contribution in [3.8, 4) is 5.75 Å². The fourth-order valence-electron chi connectivity index (χ4n) is 2.72. The molecule has 0 aliphatic rings. The summed E-state index contributed by atoms with van der Waals surface area (Å²) >= 11 is 23.7. The zero-order chi connectivity index (χ0) is 22.4. The van der Waals surface area contributed by atoms with Crippen molar-refractivity contribution in [2.75, 3.05) is 6.61 Å². The molecule has 0 aromatic heterocycles. The summed E-state index contributed by atoms with van der Waals surface area (Å²) in [6.45, 7) is 2.54. The Morgan fingerprint density at radius 3 is 1.90 bits per heavy atom. The fraction of sp³-hybridized carbons (Fsp3) is 0.545.